The zero-order valence-electron chi connectivity index (χ0n) is 20.0. The summed E-state index contributed by atoms with van der Waals surface area (Å²) in [4.78, 5) is 30.7. The number of amides is 4. The molecule has 1 aliphatic rings. The molecule has 0 radical (unpaired) electrons. The van der Waals surface area contributed by atoms with Gasteiger partial charge in [0.25, 0.3) is 0 Å². The Labute approximate surface area is 211 Å². The van der Waals surface area contributed by atoms with Crippen molar-refractivity contribution >= 4 is 34.8 Å². The first kappa shape index (κ1) is 23.2. The summed E-state index contributed by atoms with van der Waals surface area (Å²) in [6, 6.07) is 35.5. The van der Waals surface area contributed by atoms with Crippen molar-refractivity contribution in [3.63, 3.8) is 0 Å². The standard InChI is InChI=1S/C30H28N4O2/c1-22-21-28(34(25-17-9-4-10-18-25)30(36)32-24-15-7-3-8-16-24)26-19-11-12-20-27(26)33(22)29(35)31-23-13-5-2-6-14-23/h2-20,22,28H,21H2,1H3,(H,31,35)(H,32,36)/t22-,28+/m1/s1. The highest BCUT2D eigenvalue weighted by Gasteiger charge is 2.38. The minimum atomic E-state index is -0.261. The van der Waals surface area contributed by atoms with Gasteiger partial charge in [0, 0.05) is 23.1 Å². The van der Waals surface area contributed by atoms with Crippen molar-refractivity contribution in [2.45, 2.75) is 25.4 Å². The lowest BCUT2D eigenvalue weighted by Crippen LogP contribution is -2.49. The van der Waals surface area contributed by atoms with Gasteiger partial charge in [-0.15, -0.1) is 0 Å². The monoisotopic (exact) mass is 476 g/mol. The highest BCUT2D eigenvalue weighted by Crippen LogP contribution is 2.42. The van der Waals surface area contributed by atoms with E-state index in [2.05, 4.69) is 10.6 Å². The lowest BCUT2D eigenvalue weighted by Gasteiger charge is -2.43. The van der Waals surface area contributed by atoms with Crippen molar-refractivity contribution in [1.82, 2.24) is 0 Å². The van der Waals surface area contributed by atoms with Crippen molar-refractivity contribution in [1.29, 1.82) is 0 Å². The van der Waals surface area contributed by atoms with E-state index < -0.39 is 0 Å². The minimum Gasteiger partial charge on any atom is -0.308 e. The van der Waals surface area contributed by atoms with Crippen LogP contribution in [-0.2, 0) is 0 Å². The Balaban J connectivity index is 1.51. The third-order valence-electron chi connectivity index (χ3n) is 6.39. The van der Waals surface area contributed by atoms with E-state index in [-0.39, 0.29) is 24.1 Å². The second kappa shape index (κ2) is 10.4. The van der Waals surface area contributed by atoms with Crippen LogP contribution in [0.1, 0.15) is 24.9 Å². The van der Waals surface area contributed by atoms with Crippen LogP contribution < -0.4 is 20.4 Å². The van der Waals surface area contributed by atoms with Crippen molar-refractivity contribution in [3.8, 4) is 0 Å². The predicted octanol–water partition coefficient (Wildman–Crippen LogP) is 7.30. The number of hydrogen-bond acceptors (Lipinski definition) is 2. The number of nitrogens with one attached hydrogen (secondary N) is 2. The van der Waals surface area contributed by atoms with Gasteiger partial charge in [0.2, 0.25) is 0 Å². The van der Waals surface area contributed by atoms with Gasteiger partial charge in [-0.3, -0.25) is 9.80 Å². The molecule has 4 aromatic rings. The summed E-state index contributed by atoms with van der Waals surface area (Å²) < 4.78 is 0. The highest BCUT2D eigenvalue weighted by molar-refractivity contribution is 6.05. The number of carbonyl (C=O) groups excluding carboxylic acids is 2. The van der Waals surface area contributed by atoms with Gasteiger partial charge in [0.1, 0.15) is 0 Å². The number of para-hydroxylation sites is 4. The van der Waals surface area contributed by atoms with E-state index in [0.29, 0.717) is 6.42 Å². The fourth-order valence-electron chi connectivity index (χ4n) is 4.77. The molecule has 4 amide bonds. The van der Waals surface area contributed by atoms with E-state index in [0.717, 1.165) is 28.3 Å². The molecule has 36 heavy (non-hydrogen) atoms. The number of fused-ring (bicyclic) bond motifs is 1. The smallest absolute Gasteiger partial charge is 0.308 e. The van der Waals surface area contributed by atoms with Gasteiger partial charge >= 0.3 is 12.1 Å². The first-order chi connectivity index (χ1) is 17.6. The topological polar surface area (TPSA) is 64.7 Å². The van der Waals surface area contributed by atoms with E-state index in [1.165, 1.54) is 0 Å². The molecular formula is C30H28N4O2. The summed E-state index contributed by atoms with van der Waals surface area (Å²) in [6.07, 6.45) is 0.580. The summed E-state index contributed by atoms with van der Waals surface area (Å²) in [5.74, 6) is 0. The van der Waals surface area contributed by atoms with Crippen LogP contribution in [0.4, 0.5) is 32.3 Å². The Morgan fingerprint density at radius 2 is 1.25 bits per heavy atom. The molecule has 1 aliphatic heterocycles. The number of hydrogen-bond donors (Lipinski definition) is 2. The van der Waals surface area contributed by atoms with Gasteiger partial charge in [-0.05, 0) is 61.4 Å². The average Bonchev–Trinajstić information content (AvgIpc) is 2.90. The number of carbonyl (C=O) groups is 2. The SMILES string of the molecule is C[C@@H]1C[C@H](N(C(=O)Nc2ccccc2)c2ccccc2)c2ccccc2N1C(=O)Nc1ccccc1. The largest absolute Gasteiger partial charge is 0.326 e. The quantitative estimate of drug-likeness (QED) is 0.325. The first-order valence-corrected chi connectivity index (χ1v) is 12.1. The van der Waals surface area contributed by atoms with Crippen molar-refractivity contribution in [3.05, 3.63) is 121 Å². The van der Waals surface area contributed by atoms with E-state index in [9.17, 15) is 9.59 Å². The van der Waals surface area contributed by atoms with Crippen LogP contribution in [0.25, 0.3) is 0 Å². The maximum atomic E-state index is 13.7. The normalized spacial score (nSPS) is 16.5. The molecule has 0 saturated carbocycles. The molecule has 2 N–H and O–H groups in total. The summed E-state index contributed by atoms with van der Waals surface area (Å²) in [6.45, 7) is 2.02. The summed E-state index contributed by atoms with van der Waals surface area (Å²) in [5, 5.41) is 6.05. The Hall–Kier alpha value is -4.58. The molecule has 0 aliphatic carbocycles. The van der Waals surface area contributed by atoms with Crippen LogP contribution in [0.3, 0.4) is 0 Å². The summed E-state index contributed by atoms with van der Waals surface area (Å²) in [7, 11) is 0. The number of urea groups is 2. The fraction of sp³-hybridized carbons (Fsp3) is 0.133. The van der Waals surface area contributed by atoms with Gasteiger partial charge in [-0.25, -0.2) is 9.59 Å². The zero-order valence-corrected chi connectivity index (χ0v) is 20.0. The second-order valence-corrected chi connectivity index (χ2v) is 8.83. The molecule has 0 unspecified atom stereocenters. The molecule has 4 aromatic carbocycles. The van der Waals surface area contributed by atoms with Gasteiger partial charge in [0.05, 0.1) is 11.7 Å². The van der Waals surface area contributed by atoms with Crippen LogP contribution in [0.5, 0.6) is 0 Å². The maximum absolute atomic E-state index is 13.7. The molecular weight excluding hydrogens is 448 g/mol. The molecule has 0 fully saturated rings. The lowest BCUT2D eigenvalue weighted by molar-refractivity contribution is 0.251. The predicted molar refractivity (Wildman–Crippen MR) is 146 cm³/mol. The van der Waals surface area contributed by atoms with Gasteiger partial charge in [0.15, 0.2) is 0 Å². The zero-order chi connectivity index (χ0) is 24.9. The second-order valence-electron chi connectivity index (χ2n) is 8.83. The van der Waals surface area contributed by atoms with E-state index in [1.54, 1.807) is 9.80 Å². The molecule has 2 atom stereocenters. The molecule has 180 valence electrons. The summed E-state index contributed by atoms with van der Waals surface area (Å²) in [5.41, 5.74) is 3.97. The Morgan fingerprint density at radius 1 is 0.722 bits per heavy atom. The Morgan fingerprint density at radius 3 is 1.89 bits per heavy atom. The van der Waals surface area contributed by atoms with Crippen LogP contribution >= 0.6 is 0 Å². The third kappa shape index (κ3) is 4.79. The van der Waals surface area contributed by atoms with Crippen molar-refractivity contribution < 1.29 is 9.59 Å². The summed E-state index contributed by atoms with van der Waals surface area (Å²) >= 11 is 0. The van der Waals surface area contributed by atoms with Crippen molar-refractivity contribution in [2.24, 2.45) is 0 Å². The Bertz CT molecular complexity index is 1330. The van der Waals surface area contributed by atoms with E-state index >= 15 is 0 Å². The van der Waals surface area contributed by atoms with Crippen LogP contribution in [-0.4, -0.2) is 18.1 Å². The molecule has 0 aromatic heterocycles. The third-order valence-corrected chi connectivity index (χ3v) is 6.39. The highest BCUT2D eigenvalue weighted by atomic mass is 16.2. The lowest BCUT2D eigenvalue weighted by atomic mass is 9.90. The molecule has 6 nitrogen and oxygen atoms in total. The fourth-order valence-corrected chi connectivity index (χ4v) is 4.77. The molecule has 0 bridgehead atoms. The van der Waals surface area contributed by atoms with Crippen molar-refractivity contribution in [2.75, 3.05) is 20.4 Å². The number of benzene rings is 4. The van der Waals surface area contributed by atoms with Crippen LogP contribution in [0.2, 0.25) is 0 Å². The van der Waals surface area contributed by atoms with Gasteiger partial charge in [-0.2, -0.15) is 0 Å². The molecule has 1 heterocycles. The minimum absolute atomic E-state index is 0.149. The molecule has 0 saturated heterocycles. The van der Waals surface area contributed by atoms with Gasteiger partial charge < -0.3 is 10.6 Å². The van der Waals surface area contributed by atoms with Crippen LogP contribution in [0.15, 0.2) is 115 Å². The van der Waals surface area contributed by atoms with Gasteiger partial charge in [-0.1, -0.05) is 72.8 Å². The van der Waals surface area contributed by atoms with E-state index in [1.807, 2.05) is 122 Å². The first-order valence-electron chi connectivity index (χ1n) is 12.1. The number of nitrogens with zero attached hydrogens (tertiary/aromatic N) is 2. The number of rotatable bonds is 4. The maximum Gasteiger partial charge on any atom is 0.326 e. The van der Waals surface area contributed by atoms with Crippen LogP contribution in [0, 0.1) is 0 Å². The number of anilines is 4. The van der Waals surface area contributed by atoms with E-state index in [4.69, 9.17) is 0 Å². The average molecular weight is 477 g/mol. The molecule has 0 spiro atoms. The Kier molecular flexibility index (Phi) is 6.67. The molecule has 5 rings (SSSR count). The molecule has 6 heteroatoms.